The summed E-state index contributed by atoms with van der Waals surface area (Å²) in [5.41, 5.74) is 2.83. The van der Waals surface area contributed by atoms with Crippen molar-refractivity contribution in [2.24, 2.45) is 0 Å². The van der Waals surface area contributed by atoms with Gasteiger partial charge in [0.2, 0.25) is 5.91 Å². The van der Waals surface area contributed by atoms with E-state index in [1.807, 2.05) is 37.3 Å². The van der Waals surface area contributed by atoms with Gasteiger partial charge in [0.15, 0.2) is 0 Å². The molecule has 0 fully saturated rings. The normalized spacial score (nSPS) is 14.7. The second-order valence-corrected chi connectivity index (χ2v) is 6.78. The number of amides is 1. The molecule has 1 N–H and O–H groups in total. The monoisotopic (exact) mass is 367 g/mol. The number of nitrogens with one attached hydrogen (secondary N) is 1. The molecule has 1 aromatic heterocycles. The zero-order valence-electron chi connectivity index (χ0n) is 14.9. The SMILES string of the molecule is C[C@@H](C(=O)N1CCc2nc(-c3ccc(F)cc3F)[nH]c2C1)c1ccccc1. The van der Waals surface area contributed by atoms with Crippen molar-refractivity contribution in [2.45, 2.75) is 25.8 Å². The third kappa shape index (κ3) is 3.35. The van der Waals surface area contributed by atoms with Gasteiger partial charge in [-0.25, -0.2) is 13.8 Å². The van der Waals surface area contributed by atoms with E-state index in [0.717, 1.165) is 23.0 Å². The van der Waals surface area contributed by atoms with Gasteiger partial charge in [-0.05, 0) is 24.6 Å². The van der Waals surface area contributed by atoms with E-state index in [1.165, 1.54) is 12.1 Å². The van der Waals surface area contributed by atoms with Crippen LogP contribution >= 0.6 is 0 Å². The molecule has 0 radical (unpaired) electrons. The molecule has 1 aliphatic rings. The summed E-state index contributed by atoms with van der Waals surface area (Å²) in [6.07, 6.45) is 0.599. The number of halogens is 2. The molecule has 4 rings (SSSR count). The van der Waals surface area contributed by atoms with Crippen LogP contribution < -0.4 is 0 Å². The highest BCUT2D eigenvalue weighted by atomic mass is 19.1. The Balaban J connectivity index is 1.55. The number of benzene rings is 2. The van der Waals surface area contributed by atoms with Crippen LogP contribution in [0.2, 0.25) is 0 Å². The second kappa shape index (κ2) is 6.95. The number of fused-ring (bicyclic) bond motifs is 1. The first-order valence-electron chi connectivity index (χ1n) is 8.90. The van der Waals surface area contributed by atoms with E-state index in [9.17, 15) is 13.6 Å². The van der Waals surface area contributed by atoms with Gasteiger partial charge >= 0.3 is 0 Å². The standard InChI is InChI=1S/C21H19F2N3O/c1-13(14-5-3-2-4-6-14)21(27)26-10-9-18-19(12-26)25-20(24-18)16-8-7-15(22)11-17(16)23/h2-8,11,13H,9-10,12H2,1H3,(H,24,25)/t13-/m1/s1. The Morgan fingerprint density at radius 3 is 2.70 bits per heavy atom. The first kappa shape index (κ1) is 17.4. The molecule has 6 heteroatoms. The summed E-state index contributed by atoms with van der Waals surface area (Å²) in [6.45, 7) is 2.87. The maximum Gasteiger partial charge on any atom is 0.230 e. The predicted octanol–water partition coefficient (Wildman–Crippen LogP) is 4.04. The highest BCUT2D eigenvalue weighted by Gasteiger charge is 2.28. The molecule has 1 atom stereocenters. The molecule has 0 saturated carbocycles. The molecule has 0 spiro atoms. The van der Waals surface area contributed by atoms with Gasteiger partial charge in [-0.2, -0.15) is 0 Å². The Morgan fingerprint density at radius 2 is 1.96 bits per heavy atom. The highest BCUT2D eigenvalue weighted by Crippen LogP contribution is 2.27. The first-order valence-corrected chi connectivity index (χ1v) is 8.90. The number of rotatable bonds is 3. The predicted molar refractivity (Wildman–Crippen MR) is 97.9 cm³/mol. The summed E-state index contributed by atoms with van der Waals surface area (Å²) in [5, 5.41) is 0. The average Bonchev–Trinajstić information content (AvgIpc) is 3.10. The van der Waals surface area contributed by atoms with Crippen molar-refractivity contribution in [2.75, 3.05) is 6.54 Å². The van der Waals surface area contributed by atoms with E-state index in [2.05, 4.69) is 9.97 Å². The number of carbonyl (C=O) groups is 1. The smallest absolute Gasteiger partial charge is 0.230 e. The van der Waals surface area contributed by atoms with Crippen molar-refractivity contribution in [3.05, 3.63) is 77.1 Å². The number of hydrogen-bond acceptors (Lipinski definition) is 2. The Labute approximate surface area is 155 Å². The van der Waals surface area contributed by atoms with E-state index >= 15 is 0 Å². The van der Waals surface area contributed by atoms with Crippen LogP contribution in [0.4, 0.5) is 8.78 Å². The number of carbonyl (C=O) groups excluding carboxylic acids is 1. The number of imidazole rings is 1. The minimum atomic E-state index is -0.660. The molecule has 0 saturated heterocycles. The van der Waals surface area contributed by atoms with Crippen LogP contribution in [0.25, 0.3) is 11.4 Å². The Morgan fingerprint density at radius 1 is 1.19 bits per heavy atom. The summed E-state index contributed by atoms with van der Waals surface area (Å²) in [7, 11) is 0. The minimum absolute atomic E-state index is 0.0518. The van der Waals surface area contributed by atoms with E-state index in [4.69, 9.17) is 0 Å². The molecule has 2 aromatic carbocycles. The molecule has 0 bridgehead atoms. The van der Waals surface area contributed by atoms with Crippen LogP contribution in [-0.4, -0.2) is 27.3 Å². The van der Waals surface area contributed by atoms with Crippen molar-refractivity contribution in [1.82, 2.24) is 14.9 Å². The third-order valence-corrected chi connectivity index (χ3v) is 5.00. The number of aromatic nitrogens is 2. The summed E-state index contributed by atoms with van der Waals surface area (Å²) >= 11 is 0. The van der Waals surface area contributed by atoms with Gasteiger partial charge in [0, 0.05) is 19.0 Å². The molecule has 1 aliphatic heterocycles. The summed E-state index contributed by atoms with van der Waals surface area (Å²) in [4.78, 5) is 22.2. The van der Waals surface area contributed by atoms with Gasteiger partial charge < -0.3 is 9.88 Å². The largest absolute Gasteiger partial charge is 0.340 e. The van der Waals surface area contributed by atoms with E-state index < -0.39 is 11.6 Å². The molecule has 27 heavy (non-hydrogen) atoms. The van der Waals surface area contributed by atoms with Gasteiger partial charge in [0.25, 0.3) is 0 Å². The molecule has 0 unspecified atom stereocenters. The Bertz CT molecular complexity index is 984. The van der Waals surface area contributed by atoms with Crippen molar-refractivity contribution in [3.63, 3.8) is 0 Å². The maximum absolute atomic E-state index is 14.0. The van der Waals surface area contributed by atoms with Gasteiger partial charge in [0.1, 0.15) is 17.5 Å². The van der Waals surface area contributed by atoms with Crippen molar-refractivity contribution in [1.29, 1.82) is 0 Å². The lowest BCUT2D eigenvalue weighted by molar-refractivity contribution is -0.133. The van der Waals surface area contributed by atoms with Gasteiger partial charge in [-0.15, -0.1) is 0 Å². The maximum atomic E-state index is 14.0. The van der Waals surface area contributed by atoms with Crippen LogP contribution in [0.3, 0.4) is 0 Å². The van der Waals surface area contributed by atoms with Gasteiger partial charge in [0.05, 0.1) is 29.4 Å². The second-order valence-electron chi connectivity index (χ2n) is 6.78. The molecular formula is C21H19F2N3O. The van der Waals surface area contributed by atoms with E-state index in [1.54, 1.807) is 4.90 Å². The third-order valence-electron chi connectivity index (χ3n) is 5.00. The molecule has 3 aromatic rings. The molecule has 4 nitrogen and oxygen atoms in total. The lowest BCUT2D eigenvalue weighted by Crippen LogP contribution is -2.38. The average molecular weight is 367 g/mol. The molecule has 138 valence electrons. The first-order chi connectivity index (χ1) is 13.0. The number of hydrogen-bond donors (Lipinski definition) is 1. The molecular weight excluding hydrogens is 348 g/mol. The number of H-pyrrole nitrogens is 1. The topological polar surface area (TPSA) is 49.0 Å². The summed E-state index contributed by atoms with van der Waals surface area (Å²) in [6, 6.07) is 13.1. The highest BCUT2D eigenvalue weighted by molar-refractivity contribution is 5.83. The van der Waals surface area contributed by atoms with Crippen LogP contribution in [0.5, 0.6) is 0 Å². The summed E-state index contributed by atoms with van der Waals surface area (Å²) in [5.74, 6) is -1.10. The lowest BCUT2D eigenvalue weighted by atomic mass is 9.98. The fourth-order valence-electron chi connectivity index (χ4n) is 3.45. The zero-order chi connectivity index (χ0) is 19.0. The molecule has 0 aliphatic carbocycles. The van der Waals surface area contributed by atoms with Crippen LogP contribution in [-0.2, 0) is 17.8 Å². The Hall–Kier alpha value is -3.02. The van der Waals surface area contributed by atoms with Gasteiger partial charge in [-0.1, -0.05) is 30.3 Å². The lowest BCUT2D eigenvalue weighted by Gasteiger charge is -2.29. The molecule has 1 amide bonds. The van der Waals surface area contributed by atoms with E-state index in [-0.39, 0.29) is 17.4 Å². The zero-order valence-corrected chi connectivity index (χ0v) is 14.9. The quantitative estimate of drug-likeness (QED) is 0.759. The fraction of sp³-hybridized carbons (Fsp3) is 0.238. The van der Waals surface area contributed by atoms with Crippen molar-refractivity contribution >= 4 is 5.91 Å². The van der Waals surface area contributed by atoms with E-state index in [0.29, 0.717) is 25.3 Å². The summed E-state index contributed by atoms with van der Waals surface area (Å²) < 4.78 is 27.2. The molecule has 2 heterocycles. The van der Waals surface area contributed by atoms with Crippen LogP contribution in [0.15, 0.2) is 48.5 Å². The number of nitrogens with zero attached hydrogens (tertiary/aromatic N) is 2. The fourth-order valence-corrected chi connectivity index (χ4v) is 3.45. The van der Waals surface area contributed by atoms with Crippen LogP contribution in [0, 0.1) is 11.6 Å². The van der Waals surface area contributed by atoms with Gasteiger partial charge in [-0.3, -0.25) is 4.79 Å². The van der Waals surface area contributed by atoms with Crippen molar-refractivity contribution in [3.8, 4) is 11.4 Å². The Kier molecular flexibility index (Phi) is 4.48. The van der Waals surface area contributed by atoms with Crippen LogP contribution in [0.1, 0.15) is 29.8 Å². The van der Waals surface area contributed by atoms with Crippen molar-refractivity contribution < 1.29 is 13.6 Å². The minimum Gasteiger partial charge on any atom is -0.340 e. The number of aromatic amines is 1.